The number of nitrogens with one attached hydrogen (secondary N) is 1. The first-order chi connectivity index (χ1) is 19.4. The Bertz CT molecular complexity index is 1510. The summed E-state index contributed by atoms with van der Waals surface area (Å²) in [7, 11) is 1.55. The topological polar surface area (TPSA) is 154 Å². The van der Waals surface area contributed by atoms with Gasteiger partial charge in [0.25, 0.3) is 11.5 Å². The molecule has 1 aliphatic carbocycles. The first kappa shape index (κ1) is 26.0. The molecule has 2 aliphatic heterocycles. The van der Waals surface area contributed by atoms with Gasteiger partial charge in [-0.1, -0.05) is 0 Å². The van der Waals surface area contributed by atoms with Crippen LogP contribution in [-0.4, -0.2) is 83.0 Å². The summed E-state index contributed by atoms with van der Waals surface area (Å²) in [5.74, 6) is 1.33. The normalized spacial score (nSPS) is 22.0. The second-order valence-corrected chi connectivity index (χ2v) is 10.1. The van der Waals surface area contributed by atoms with Gasteiger partial charge < -0.3 is 25.3 Å². The number of nitrogens with two attached hydrogens (primary N) is 1. The molecule has 2 amide bonds. The Labute approximate surface area is 229 Å². The molecule has 0 aromatic carbocycles. The lowest BCUT2D eigenvalue weighted by atomic mass is 9.87. The number of fused-ring (bicyclic) bond motifs is 3. The number of rotatable bonds is 8. The van der Waals surface area contributed by atoms with Crippen molar-refractivity contribution in [1.29, 1.82) is 0 Å². The third-order valence-corrected chi connectivity index (χ3v) is 7.78. The third-order valence-electron chi connectivity index (χ3n) is 7.78. The van der Waals surface area contributed by atoms with Crippen LogP contribution in [0.3, 0.4) is 0 Å². The molecule has 0 bridgehead atoms. The maximum atomic E-state index is 13.0. The zero-order valence-corrected chi connectivity index (χ0v) is 22.1. The number of aromatic nitrogens is 3. The summed E-state index contributed by atoms with van der Waals surface area (Å²) < 4.78 is 18.1. The monoisotopic (exact) mass is 549 g/mol. The van der Waals surface area contributed by atoms with E-state index in [0.29, 0.717) is 67.9 Å². The lowest BCUT2D eigenvalue weighted by Gasteiger charge is -2.38. The summed E-state index contributed by atoms with van der Waals surface area (Å²) in [5.41, 5.74) is 6.41. The van der Waals surface area contributed by atoms with E-state index in [1.54, 1.807) is 46.9 Å². The molecule has 3 aromatic rings. The summed E-state index contributed by atoms with van der Waals surface area (Å²) in [6.07, 6.45) is 1.38. The fourth-order valence-corrected chi connectivity index (χ4v) is 5.86. The number of anilines is 2. The van der Waals surface area contributed by atoms with Crippen LogP contribution in [0.1, 0.15) is 19.3 Å². The average Bonchev–Trinajstić information content (AvgIpc) is 3.30. The summed E-state index contributed by atoms with van der Waals surface area (Å²) in [5, 5.41) is 3.54. The Morgan fingerprint density at radius 2 is 1.95 bits per heavy atom. The van der Waals surface area contributed by atoms with Crippen LogP contribution in [0.2, 0.25) is 0 Å². The van der Waals surface area contributed by atoms with E-state index >= 15 is 0 Å². The second kappa shape index (κ2) is 10.7. The second-order valence-electron chi connectivity index (χ2n) is 10.1. The highest BCUT2D eigenvalue weighted by Gasteiger charge is 2.47. The zero-order chi connectivity index (χ0) is 27.8. The van der Waals surface area contributed by atoms with Gasteiger partial charge in [0, 0.05) is 56.2 Å². The number of nitrogens with zero attached hydrogens (tertiary/aromatic N) is 5. The highest BCUT2D eigenvalue weighted by atomic mass is 16.6. The third kappa shape index (κ3) is 4.82. The Hall–Kier alpha value is -4.23. The minimum absolute atomic E-state index is 0.0645. The smallest absolute Gasteiger partial charge is 0.416 e. The van der Waals surface area contributed by atoms with Crippen molar-refractivity contribution in [2.75, 3.05) is 43.6 Å². The van der Waals surface area contributed by atoms with E-state index in [4.69, 9.17) is 19.9 Å². The minimum atomic E-state index is -0.459. The molecule has 210 valence electrons. The molecule has 3 aromatic heterocycles. The zero-order valence-electron chi connectivity index (χ0n) is 22.1. The predicted molar refractivity (Wildman–Crippen MR) is 146 cm³/mol. The predicted octanol–water partition coefficient (Wildman–Crippen LogP) is 1.34. The Balaban J connectivity index is 1.17. The van der Waals surface area contributed by atoms with Crippen LogP contribution in [0.4, 0.5) is 16.4 Å². The first-order valence-electron chi connectivity index (χ1n) is 13.4. The Morgan fingerprint density at radius 1 is 1.10 bits per heavy atom. The fraction of sp³-hybridized carbons (Fsp3) is 0.444. The number of carbonyl (C=O) groups is 2. The van der Waals surface area contributed by atoms with Crippen LogP contribution in [0.25, 0.3) is 11.0 Å². The van der Waals surface area contributed by atoms with Gasteiger partial charge in [-0.3, -0.25) is 24.0 Å². The van der Waals surface area contributed by atoms with E-state index in [9.17, 15) is 14.4 Å². The number of carbonyl (C=O) groups excluding carboxylic acids is 2. The average molecular weight is 550 g/mol. The van der Waals surface area contributed by atoms with E-state index in [-0.39, 0.29) is 36.3 Å². The van der Waals surface area contributed by atoms with Crippen molar-refractivity contribution in [2.24, 2.45) is 5.73 Å². The molecule has 1 saturated carbocycles. The van der Waals surface area contributed by atoms with Gasteiger partial charge in [0.15, 0.2) is 18.2 Å². The lowest BCUT2D eigenvalue weighted by molar-refractivity contribution is -0.118. The number of ether oxygens (including phenoxy) is 3. The lowest BCUT2D eigenvalue weighted by Crippen LogP contribution is -2.49. The van der Waals surface area contributed by atoms with Crippen molar-refractivity contribution in [1.82, 2.24) is 19.4 Å². The Morgan fingerprint density at radius 3 is 2.77 bits per heavy atom. The molecule has 13 heteroatoms. The van der Waals surface area contributed by atoms with Crippen molar-refractivity contribution >= 4 is 34.7 Å². The fourth-order valence-electron chi connectivity index (χ4n) is 5.86. The molecular formula is C27H31N7O6. The molecule has 0 unspecified atom stereocenters. The molecule has 6 rings (SSSR count). The van der Waals surface area contributed by atoms with Crippen LogP contribution < -0.4 is 31.0 Å². The van der Waals surface area contributed by atoms with Gasteiger partial charge in [0.2, 0.25) is 5.88 Å². The van der Waals surface area contributed by atoms with Crippen molar-refractivity contribution in [2.45, 2.75) is 44.0 Å². The number of hydrogen-bond donors (Lipinski definition) is 2. The van der Waals surface area contributed by atoms with E-state index in [1.807, 2.05) is 6.07 Å². The van der Waals surface area contributed by atoms with Crippen molar-refractivity contribution in [3.05, 3.63) is 46.8 Å². The summed E-state index contributed by atoms with van der Waals surface area (Å²) in [6.45, 7) is 2.05. The van der Waals surface area contributed by atoms with Crippen molar-refractivity contribution in [3.63, 3.8) is 0 Å². The van der Waals surface area contributed by atoms with Gasteiger partial charge in [-0.2, -0.15) is 4.98 Å². The van der Waals surface area contributed by atoms with Gasteiger partial charge in [-0.25, -0.2) is 9.78 Å². The highest BCUT2D eigenvalue weighted by molar-refractivity contribution is 5.95. The van der Waals surface area contributed by atoms with E-state index in [1.165, 1.54) is 0 Å². The minimum Gasteiger partial charge on any atom is -0.481 e. The van der Waals surface area contributed by atoms with Crippen LogP contribution in [0, 0.1) is 0 Å². The molecule has 13 nitrogen and oxygen atoms in total. The van der Waals surface area contributed by atoms with Gasteiger partial charge in [0.1, 0.15) is 17.6 Å². The summed E-state index contributed by atoms with van der Waals surface area (Å²) in [4.78, 5) is 50.3. The quantitative estimate of drug-likeness (QED) is 0.421. The molecule has 2 fully saturated rings. The first-order valence-corrected chi connectivity index (χ1v) is 13.4. The molecule has 5 heterocycles. The Kier molecular flexibility index (Phi) is 6.98. The van der Waals surface area contributed by atoms with E-state index in [0.717, 1.165) is 11.8 Å². The van der Waals surface area contributed by atoms with Gasteiger partial charge in [-0.15, -0.1) is 0 Å². The molecule has 3 aliphatic rings. The van der Waals surface area contributed by atoms with Crippen LogP contribution >= 0.6 is 0 Å². The number of methoxy groups -OCH3 is 1. The molecule has 40 heavy (non-hydrogen) atoms. The number of hydrogen-bond acceptors (Lipinski definition) is 10. The van der Waals surface area contributed by atoms with Gasteiger partial charge in [-0.05, 0) is 37.1 Å². The van der Waals surface area contributed by atoms with Crippen molar-refractivity contribution < 1.29 is 23.8 Å². The van der Waals surface area contributed by atoms with Crippen LogP contribution in [0.5, 0.6) is 11.6 Å². The van der Waals surface area contributed by atoms with E-state index in [2.05, 4.69) is 20.2 Å². The van der Waals surface area contributed by atoms with Crippen LogP contribution in [0.15, 0.2) is 41.2 Å². The molecule has 3 N–H and O–H groups in total. The van der Waals surface area contributed by atoms with Crippen molar-refractivity contribution in [3.8, 4) is 11.6 Å². The summed E-state index contributed by atoms with van der Waals surface area (Å²) in [6, 6.07) is 10.3. The summed E-state index contributed by atoms with van der Waals surface area (Å²) >= 11 is 0. The molecule has 0 radical (unpaired) electrons. The molecule has 0 spiro atoms. The van der Waals surface area contributed by atoms with Crippen LogP contribution in [-0.2, 0) is 16.1 Å². The SMILES string of the molecule is COc1ccc2ccc(=O)n(CCN(CCN)[C@H]3CC[C@H]4[C@@H](C3)OC(=O)N4c3ccc4c(n3)NC(=O)CO4)c2n1. The maximum absolute atomic E-state index is 13.0. The van der Waals surface area contributed by atoms with Gasteiger partial charge in [0.05, 0.1) is 13.2 Å². The van der Waals surface area contributed by atoms with E-state index < -0.39 is 6.09 Å². The molecular weight excluding hydrogens is 518 g/mol. The number of amides is 2. The largest absolute Gasteiger partial charge is 0.481 e. The molecule has 1 saturated heterocycles. The molecule has 3 atom stereocenters. The number of pyridine rings is 3. The highest BCUT2D eigenvalue weighted by Crippen LogP contribution is 2.38. The standard InChI is InChI=1S/C27H31N7O6/c1-38-23-8-2-16-3-9-24(36)33(26(16)31-23)13-12-32(11-10-28)17-4-5-18-20(14-17)40-27(37)34(18)21-7-6-19-25(29-21)30-22(35)15-39-19/h2-3,6-9,17-18,20H,4-5,10-15,28H2,1H3,(H,29,30,35)/t17-,18-,20+/m0/s1. The maximum Gasteiger partial charge on any atom is 0.416 e. The van der Waals surface area contributed by atoms with Gasteiger partial charge >= 0.3 is 6.09 Å².